The largest absolute Gasteiger partial charge is 1.00 e. The van der Waals surface area contributed by atoms with Crippen molar-refractivity contribution in [2.75, 3.05) is 26.2 Å². The molecule has 0 spiro atoms. The molecule has 1 N–H and O–H groups in total. The number of Topliss-reactive ketones (excluding diaryl/α,β-unsaturated/α-hetero) is 1. The molecule has 6 atom stereocenters. The van der Waals surface area contributed by atoms with E-state index >= 15 is 0 Å². The molecule has 20 heteroatoms. The van der Waals surface area contributed by atoms with Crippen LogP contribution < -0.4 is 34.9 Å². The first-order chi connectivity index (χ1) is 36.5. The number of nitrogens with zero attached hydrogens (tertiary/aromatic N) is 3. The maximum atomic E-state index is 12.7. The number of rotatable bonds is 5. The van der Waals surface area contributed by atoms with Crippen molar-refractivity contribution in [1.82, 2.24) is 15.1 Å². The number of carbonyl (C=O) groups excluding carboxylic acids is 6. The maximum absolute atomic E-state index is 12.7. The Labute approximate surface area is 551 Å². The topological polar surface area (TPSA) is 152 Å². The predicted molar refractivity (Wildman–Crippen MR) is 340 cm³/mol. The summed E-state index contributed by atoms with van der Waals surface area (Å²) in [5.74, 6) is 0.277. The van der Waals surface area contributed by atoms with Crippen molar-refractivity contribution in [2.24, 2.45) is 34.6 Å². The number of hydrogen-bond donors (Lipinski definition) is 1. The number of likely N-dealkylation sites (tertiary alicyclic amines) is 2. The number of ether oxygens (including phenoxy) is 2. The van der Waals surface area contributed by atoms with Gasteiger partial charge in [-0.3, -0.25) is 24.2 Å². The normalized spacial score (nSPS) is 20.5. The third kappa shape index (κ3) is 27.0. The standard InChI is InChI=1S/C18H22BrNO4.C13H16BrN.C12H16BrN.C11H19NO3.C7H4BrClO.B.ClH.Na.H/c1-11-8-14(15(21)12-6-5-7-13(19)9-12)16(22)20(10-11)17(23)24-18(2,3)4;1-9-3-6-13(15-8-9)11-5-4-10(2)12(14)7-11;1-9-5-6-12(14-8-9)10-3-2-4-11(13)7-10;1-8-5-6-9(13)12(7-8)10(14)15-11(2,3)4;8-6-3-1-2-5(4-6)7(9)10;;;;/h5-7,9,11,14H,8,10H2,1-4H3;4-5,7,9H,3,6,8H2,1-2H3;2-4,7,9,12,14H,5-6,8H2,1H3;8H,5-7H2,1-4H3;1-4H;;1H;;/q;;;;;;;+1;-1/t;;9-,12+;;;;;;/m..1....../s1. The molecule has 0 aliphatic carbocycles. The van der Waals surface area contributed by atoms with Gasteiger partial charge in [-0.25, -0.2) is 19.4 Å². The Morgan fingerprint density at radius 3 is 1.69 bits per heavy atom. The molecular weight excluding hydrogens is 1340 g/mol. The van der Waals surface area contributed by atoms with E-state index in [0.29, 0.717) is 42.5 Å². The molecule has 3 radical (unpaired) electrons. The fourth-order valence-corrected chi connectivity index (χ4v) is 10.4. The van der Waals surface area contributed by atoms with E-state index in [2.05, 4.69) is 137 Å². The first kappa shape index (κ1) is 76.3. The number of nitrogens with one attached hydrogen (secondary N) is 1. The van der Waals surface area contributed by atoms with Crippen LogP contribution in [-0.4, -0.2) is 96.3 Å². The molecular formula is C61H79BBr4Cl2N4NaO8. The van der Waals surface area contributed by atoms with Crippen LogP contribution in [0.25, 0.3) is 0 Å². The van der Waals surface area contributed by atoms with E-state index in [1.54, 1.807) is 77.9 Å². The number of amides is 4. The second-order valence-corrected chi connectivity index (χ2v) is 26.6. The number of ketones is 1. The first-order valence-corrected chi connectivity index (χ1v) is 30.2. The number of aryl methyl sites for hydroxylation is 1. The van der Waals surface area contributed by atoms with E-state index in [4.69, 9.17) is 21.1 Å². The van der Waals surface area contributed by atoms with Gasteiger partial charge in [0.05, 0.1) is 0 Å². The molecule has 3 fully saturated rings. The van der Waals surface area contributed by atoms with Gasteiger partial charge in [-0.05, 0) is 188 Å². The summed E-state index contributed by atoms with van der Waals surface area (Å²) in [6.07, 6.45) is 5.52. The first-order valence-electron chi connectivity index (χ1n) is 26.6. The summed E-state index contributed by atoms with van der Waals surface area (Å²) in [7, 11) is 0. The SMILES string of the molecule is CC1CC(C(=O)c2cccc(Br)c2)C(=O)N(C(=O)OC(C)(C)C)C1.CC1CCC(=O)N(C(=O)OC(C)(C)C)C1.C[C@@H]1CC[C@@H](c2cccc(Br)c2)NC1.Cc1ccc(C2=NCC(C)CC2)cc1Br.Cl.O=C(Cl)c1cccc(Br)c1.[B].[H-].[Na+]. The second-order valence-electron chi connectivity index (χ2n) is 22.7. The molecule has 4 aromatic rings. The van der Waals surface area contributed by atoms with Crippen molar-refractivity contribution in [1.29, 1.82) is 0 Å². The van der Waals surface area contributed by atoms with Gasteiger partial charge in [-0.1, -0.05) is 140 Å². The monoisotopic (exact) mass is 1420 g/mol. The molecule has 81 heavy (non-hydrogen) atoms. The number of imide groups is 2. The van der Waals surface area contributed by atoms with Crippen molar-refractivity contribution in [3.63, 3.8) is 0 Å². The summed E-state index contributed by atoms with van der Waals surface area (Å²) in [5, 5.41) is 3.16. The van der Waals surface area contributed by atoms with E-state index in [1.807, 2.05) is 26.0 Å². The van der Waals surface area contributed by atoms with Gasteiger partial charge >= 0.3 is 41.7 Å². The third-order valence-electron chi connectivity index (χ3n) is 12.9. The van der Waals surface area contributed by atoms with E-state index < -0.39 is 40.5 Å². The van der Waals surface area contributed by atoms with Crippen LogP contribution in [0.1, 0.15) is 159 Å². The molecule has 4 heterocycles. The molecule has 0 bridgehead atoms. The Hall–Kier alpha value is -2.71. The second kappa shape index (κ2) is 36.3. The maximum Gasteiger partial charge on any atom is 1.00 e. The van der Waals surface area contributed by atoms with Gasteiger partial charge in [0, 0.05) is 75.2 Å². The van der Waals surface area contributed by atoms with Gasteiger partial charge in [-0.2, -0.15) is 0 Å². The van der Waals surface area contributed by atoms with Gasteiger partial charge in [0.25, 0.3) is 5.24 Å². The minimum atomic E-state index is -0.851. The summed E-state index contributed by atoms with van der Waals surface area (Å²) < 4.78 is 14.4. The number of hydrogen-bond acceptors (Lipinski definition) is 10. The van der Waals surface area contributed by atoms with Gasteiger partial charge in [0.1, 0.15) is 17.1 Å². The van der Waals surface area contributed by atoms with E-state index in [1.165, 1.54) is 55.5 Å². The average Bonchev–Trinajstić information content (AvgIpc) is 3.41. The van der Waals surface area contributed by atoms with Crippen LogP contribution in [0.2, 0.25) is 0 Å². The zero-order valence-electron chi connectivity index (χ0n) is 49.9. The van der Waals surface area contributed by atoms with Crippen LogP contribution in [0.5, 0.6) is 0 Å². The molecule has 8 rings (SSSR count). The molecule has 12 nitrogen and oxygen atoms in total. The van der Waals surface area contributed by atoms with E-state index in [9.17, 15) is 28.8 Å². The summed E-state index contributed by atoms with van der Waals surface area (Å²) in [6, 6.07) is 29.6. The van der Waals surface area contributed by atoms with E-state index in [0.717, 1.165) is 51.6 Å². The molecule has 4 aromatic carbocycles. The average molecular weight is 1420 g/mol. The zero-order valence-corrected chi connectivity index (χ0v) is 58.8. The number of aliphatic imine (C=N–C) groups is 1. The van der Waals surface area contributed by atoms with Gasteiger partial charge in [-0.15, -0.1) is 12.4 Å². The Morgan fingerprint density at radius 1 is 0.667 bits per heavy atom. The summed E-state index contributed by atoms with van der Waals surface area (Å²) in [6.45, 7) is 24.1. The molecule has 437 valence electrons. The Morgan fingerprint density at radius 2 is 1.20 bits per heavy atom. The summed E-state index contributed by atoms with van der Waals surface area (Å²) in [5.41, 5.74) is 4.97. The van der Waals surface area contributed by atoms with Crippen molar-refractivity contribution >= 4 is 137 Å². The Balaban J connectivity index is 0.00000102. The number of carbonyl (C=O) groups is 6. The quantitative estimate of drug-likeness (QED) is 0.0891. The van der Waals surface area contributed by atoms with Gasteiger partial charge < -0.3 is 16.2 Å². The minimum Gasteiger partial charge on any atom is -1.00 e. The fraction of sp³-hybridized carbons (Fsp3) is 0.492. The fourth-order valence-electron chi connectivity index (χ4n) is 8.66. The zero-order chi connectivity index (χ0) is 58.1. The molecule has 3 saturated heterocycles. The van der Waals surface area contributed by atoms with Gasteiger partial charge in [0.15, 0.2) is 5.78 Å². The summed E-state index contributed by atoms with van der Waals surface area (Å²) in [4.78, 5) is 78.3. The predicted octanol–water partition coefficient (Wildman–Crippen LogP) is 13.7. The smallest absolute Gasteiger partial charge is 1.00 e. The van der Waals surface area contributed by atoms with E-state index in [-0.39, 0.29) is 76.0 Å². The molecule has 4 amide bonds. The Bertz CT molecular complexity index is 2760. The molecule has 4 aliphatic rings. The molecule has 0 saturated carbocycles. The van der Waals surface area contributed by atoms with Crippen LogP contribution >= 0.6 is 87.7 Å². The van der Waals surface area contributed by atoms with Crippen LogP contribution in [0.4, 0.5) is 9.59 Å². The Kier molecular flexibility index (Phi) is 34.2. The van der Waals surface area contributed by atoms with Crippen LogP contribution in [0, 0.1) is 36.5 Å². The number of benzene rings is 4. The van der Waals surface area contributed by atoms with Crippen molar-refractivity contribution in [2.45, 2.75) is 138 Å². The molecule has 4 unspecified atom stereocenters. The van der Waals surface area contributed by atoms with Crippen LogP contribution in [-0.2, 0) is 19.1 Å². The molecule has 0 aromatic heterocycles. The van der Waals surface area contributed by atoms with Crippen molar-refractivity contribution in [3.05, 3.63) is 137 Å². The van der Waals surface area contributed by atoms with Crippen molar-refractivity contribution in [3.8, 4) is 0 Å². The number of piperidine rings is 3. The third-order valence-corrected chi connectivity index (χ3v) is 15.5. The summed E-state index contributed by atoms with van der Waals surface area (Å²) >= 11 is 18.8. The van der Waals surface area contributed by atoms with Gasteiger partial charge in [0.2, 0.25) is 11.8 Å². The van der Waals surface area contributed by atoms with Crippen LogP contribution in [0.3, 0.4) is 0 Å². The molecule has 4 aliphatic heterocycles. The minimum absolute atomic E-state index is 0. The van der Waals surface area contributed by atoms with Crippen molar-refractivity contribution < 1.29 is 69.2 Å². The van der Waals surface area contributed by atoms with Crippen LogP contribution in [0.15, 0.2) is 114 Å². The number of halogens is 6.